The molecule has 0 aromatic carbocycles. The Balaban J connectivity index is 2.26. The van der Waals surface area contributed by atoms with Crippen LogP contribution in [0.3, 0.4) is 0 Å². The zero-order chi connectivity index (χ0) is 14.3. The Morgan fingerprint density at radius 1 is 1.53 bits per heavy atom. The molecule has 19 heavy (non-hydrogen) atoms. The Bertz CT molecular complexity index is 477. The Morgan fingerprint density at radius 3 is 2.84 bits per heavy atom. The largest absolute Gasteiger partial charge is 0.444 e. The van der Waals surface area contributed by atoms with Crippen LogP contribution in [0.15, 0.2) is 11.4 Å². The van der Waals surface area contributed by atoms with Crippen LogP contribution in [0.4, 0.5) is 4.79 Å². The maximum Gasteiger partial charge on any atom is 0.407 e. The molecule has 5 heteroatoms. The number of carbonyl (C=O) groups is 1. The van der Waals surface area contributed by atoms with E-state index in [1.165, 1.54) is 11.3 Å². The fraction of sp³-hybridized carbons (Fsp3) is 0.500. The summed E-state index contributed by atoms with van der Waals surface area (Å²) in [6, 6.07) is 1.86. The van der Waals surface area contributed by atoms with Crippen LogP contribution < -0.4 is 5.32 Å². The highest BCUT2D eigenvalue weighted by atomic mass is 32.1. The van der Waals surface area contributed by atoms with Gasteiger partial charge in [0.05, 0.1) is 6.61 Å². The zero-order valence-electron chi connectivity index (χ0n) is 11.4. The van der Waals surface area contributed by atoms with E-state index in [0.29, 0.717) is 13.0 Å². The molecule has 0 saturated heterocycles. The number of alkyl carbamates (subject to hydrolysis) is 1. The van der Waals surface area contributed by atoms with Crippen molar-refractivity contribution in [2.24, 2.45) is 0 Å². The van der Waals surface area contributed by atoms with Gasteiger partial charge in [-0.25, -0.2) is 4.79 Å². The Kier molecular flexibility index (Phi) is 5.87. The van der Waals surface area contributed by atoms with Crippen LogP contribution >= 0.6 is 11.3 Å². The molecule has 0 fully saturated rings. The molecule has 2 N–H and O–H groups in total. The van der Waals surface area contributed by atoms with Crippen LogP contribution in [0.5, 0.6) is 0 Å². The lowest BCUT2D eigenvalue weighted by molar-refractivity contribution is 0.0529. The molecular weight excluding hydrogens is 262 g/mol. The summed E-state index contributed by atoms with van der Waals surface area (Å²) < 4.78 is 5.10. The van der Waals surface area contributed by atoms with E-state index in [0.717, 1.165) is 10.4 Å². The smallest absolute Gasteiger partial charge is 0.407 e. The van der Waals surface area contributed by atoms with Gasteiger partial charge in [-0.3, -0.25) is 0 Å². The Morgan fingerprint density at radius 2 is 2.26 bits per heavy atom. The minimum Gasteiger partial charge on any atom is -0.444 e. The van der Waals surface area contributed by atoms with Crippen molar-refractivity contribution in [3.63, 3.8) is 0 Å². The fourth-order valence-electron chi connectivity index (χ4n) is 1.23. The summed E-state index contributed by atoms with van der Waals surface area (Å²) in [4.78, 5) is 12.2. The van der Waals surface area contributed by atoms with Gasteiger partial charge in [-0.05, 0) is 26.8 Å². The lowest BCUT2D eigenvalue weighted by atomic mass is 10.2. The van der Waals surface area contributed by atoms with Crippen molar-refractivity contribution in [3.8, 4) is 11.8 Å². The minimum absolute atomic E-state index is 0.0482. The SMILES string of the molecule is CC(C)(C)OC(=O)NCCC#Cc1csc(CO)c1. The number of amides is 1. The number of rotatable bonds is 3. The second-order valence-corrected chi connectivity index (χ2v) is 5.94. The zero-order valence-corrected chi connectivity index (χ0v) is 12.3. The topological polar surface area (TPSA) is 58.6 Å². The number of thiophene rings is 1. The Hall–Kier alpha value is -1.51. The van der Waals surface area contributed by atoms with Crippen molar-refractivity contribution in [2.45, 2.75) is 39.4 Å². The van der Waals surface area contributed by atoms with Crippen LogP contribution in [-0.2, 0) is 11.3 Å². The molecule has 0 aliphatic rings. The van der Waals surface area contributed by atoms with Crippen molar-refractivity contribution in [1.82, 2.24) is 5.32 Å². The Labute approximate surface area is 117 Å². The summed E-state index contributed by atoms with van der Waals surface area (Å²) in [6.45, 7) is 5.97. The molecule has 104 valence electrons. The molecule has 0 radical (unpaired) electrons. The molecule has 0 aliphatic carbocycles. The van der Waals surface area contributed by atoms with E-state index in [1.807, 2.05) is 32.2 Å². The summed E-state index contributed by atoms with van der Waals surface area (Å²) >= 11 is 1.48. The van der Waals surface area contributed by atoms with Gasteiger partial charge in [-0.2, -0.15) is 0 Å². The molecule has 0 unspecified atom stereocenters. The van der Waals surface area contributed by atoms with Crippen molar-refractivity contribution < 1.29 is 14.6 Å². The molecular formula is C14H19NO3S. The second kappa shape index (κ2) is 7.17. The fourth-order valence-corrected chi connectivity index (χ4v) is 1.91. The standard InChI is InChI=1S/C14H19NO3S/c1-14(2,3)18-13(17)15-7-5-4-6-11-8-12(9-16)19-10-11/h8,10,16H,5,7,9H2,1-3H3,(H,15,17). The first-order valence-corrected chi connectivity index (χ1v) is 6.92. The predicted octanol–water partition coefficient (Wildman–Crippen LogP) is 2.51. The summed E-state index contributed by atoms with van der Waals surface area (Å²) in [5.41, 5.74) is 0.416. The third kappa shape index (κ3) is 6.85. The van der Waals surface area contributed by atoms with Gasteiger partial charge < -0.3 is 15.2 Å². The number of nitrogens with one attached hydrogen (secondary N) is 1. The molecule has 0 saturated carbocycles. The average molecular weight is 281 g/mol. The van der Waals surface area contributed by atoms with Gasteiger partial charge in [0.25, 0.3) is 0 Å². The van der Waals surface area contributed by atoms with Crippen LogP contribution in [0.25, 0.3) is 0 Å². The average Bonchev–Trinajstić information content (AvgIpc) is 2.74. The first-order chi connectivity index (χ1) is 8.90. The van der Waals surface area contributed by atoms with E-state index < -0.39 is 11.7 Å². The molecule has 0 aliphatic heterocycles. The molecule has 1 heterocycles. The van der Waals surface area contributed by atoms with Crippen LogP contribution in [0, 0.1) is 11.8 Å². The number of aliphatic hydroxyl groups excluding tert-OH is 1. The third-order valence-electron chi connectivity index (χ3n) is 1.96. The van der Waals surface area contributed by atoms with Gasteiger partial charge >= 0.3 is 6.09 Å². The maximum atomic E-state index is 11.3. The number of ether oxygens (including phenoxy) is 1. The van der Waals surface area contributed by atoms with E-state index in [1.54, 1.807) is 0 Å². The van der Waals surface area contributed by atoms with Crippen molar-refractivity contribution in [1.29, 1.82) is 0 Å². The molecule has 1 rings (SSSR count). The monoisotopic (exact) mass is 281 g/mol. The summed E-state index contributed by atoms with van der Waals surface area (Å²) in [5.74, 6) is 5.94. The molecule has 0 atom stereocenters. The van der Waals surface area contributed by atoms with E-state index in [-0.39, 0.29) is 6.61 Å². The van der Waals surface area contributed by atoms with E-state index >= 15 is 0 Å². The minimum atomic E-state index is -0.479. The van der Waals surface area contributed by atoms with Crippen molar-refractivity contribution >= 4 is 17.4 Å². The van der Waals surface area contributed by atoms with Crippen LogP contribution in [0.2, 0.25) is 0 Å². The molecule has 0 bridgehead atoms. The van der Waals surface area contributed by atoms with Crippen LogP contribution in [0.1, 0.15) is 37.6 Å². The number of aliphatic hydroxyl groups is 1. The summed E-state index contributed by atoms with van der Waals surface area (Å²) in [7, 11) is 0. The first-order valence-electron chi connectivity index (χ1n) is 6.05. The molecule has 0 spiro atoms. The van der Waals surface area contributed by atoms with Gasteiger partial charge in [-0.1, -0.05) is 11.8 Å². The van der Waals surface area contributed by atoms with Gasteiger partial charge in [0.1, 0.15) is 5.60 Å². The maximum absolute atomic E-state index is 11.3. The first kappa shape index (κ1) is 15.5. The summed E-state index contributed by atoms with van der Waals surface area (Å²) in [5, 5.41) is 13.5. The lowest BCUT2D eigenvalue weighted by Gasteiger charge is -2.19. The van der Waals surface area contributed by atoms with E-state index in [9.17, 15) is 4.79 Å². The van der Waals surface area contributed by atoms with Gasteiger partial charge in [-0.15, -0.1) is 11.3 Å². The van der Waals surface area contributed by atoms with Gasteiger partial charge in [0.15, 0.2) is 0 Å². The highest BCUT2D eigenvalue weighted by Gasteiger charge is 2.15. The highest BCUT2D eigenvalue weighted by Crippen LogP contribution is 2.13. The number of hydrogen-bond acceptors (Lipinski definition) is 4. The highest BCUT2D eigenvalue weighted by molar-refractivity contribution is 7.10. The van der Waals surface area contributed by atoms with Crippen LogP contribution in [-0.4, -0.2) is 23.3 Å². The van der Waals surface area contributed by atoms with Crippen molar-refractivity contribution in [3.05, 3.63) is 21.9 Å². The lowest BCUT2D eigenvalue weighted by Crippen LogP contribution is -2.32. The molecule has 1 amide bonds. The predicted molar refractivity (Wildman–Crippen MR) is 76.0 cm³/mol. The summed E-state index contributed by atoms with van der Waals surface area (Å²) in [6.07, 6.45) is 0.135. The van der Waals surface area contributed by atoms with Gasteiger partial charge in [0, 0.05) is 28.8 Å². The molecule has 1 aromatic rings. The molecule has 1 aromatic heterocycles. The van der Waals surface area contributed by atoms with E-state index in [4.69, 9.17) is 9.84 Å². The van der Waals surface area contributed by atoms with E-state index in [2.05, 4.69) is 17.2 Å². The number of carbonyl (C=O) groups excluding carboxylic acids is 1. The normalized spacial score (nSPS) is 10.5. The third-order valence-corrected chi connectivity index (χ3v) is 2.88. The second-order valence-electron chi connectivity index (χ2n) is 4.94. The van der Waals surface area contributed by atoms with Crippen molar-refractivity contribution in [2.75, 3.05) is 6.54 Å². The van der Waals surface area contributed by atoms with Gasteiger partial charge in [0.2, 0.25) is 0 Å². The number of hydrogen-bond donors (Lipinski definition) is 2. The quantitative estimate of drug-likeness (QED) is 0.661. The molecule has 4 nitrogen and oxygen atoms in total.